The van der Waals surface area contributed by atoms with Crippen molar-refractivity contribution in [2.24, 2.45) is 7.05 Å². The highest BCUT2D eigenvalue weighted by molar-refractivity contribution is 5.23. The molecule has 0 bridgehead atoms. The lowest BCUT2D eigenvalue weighted by Crippen LogP contribution is -2.15. The Kier molecular flexibility index (Phi) is 4.12. The standard InChI is InChI=1S/C14H19N3O/c1-11-14(12(2)17(3)16-11)9-15-18-10-13-7-5-4-6-8-13/h4-8,15H,9-10H2,1-3H3. The van der Waals surface area contributed by atoms with Crippen LogP contribution in [0.1, 0.15) is 22.5 Å². The summed E-state index contributed by atoms with van der Waals surface area (Å²) >= 11 is 0. The highest BCUT2D eigenvalue weighted by Gasteiger charge is 2.08. The maximum Gasteiger partial charge on any atom is 0.0933 e. The third kappa shape index (κ3) is 2.97. The molecule has 96 valence electrons. The number of nitrogens with zero attached hydrogens (tertiary/aromatic N) is 2. The number of aromatic nitrogens is 2. The Morgan fingerprint density at radius 2 is 1.94 bits per heavy atom. The summed E-state index contributed by atoms with van der Waals surface area (Å²) in [5.74, 6) is 0. The van der Waals surface area contributed by atoms with Crippen LogP contribution in [0.4, 0.5) is 0 Å². The molecule has 0 saturated heterocycles. The number of rotatable bonds is 5. The molecule has 0 unspecified atom stereocenters. The maximum absolute atomic E-state index is 5.46. The molecule has 4 nitrogen and oxygen atoms in total. The molecule has 1 N–H and O–H groups in total. The molecule has 1 aromatic heterocycles. The van der Waals surface area contributed by atoms with Gasteiger partial charge in [-0.15, -0.1) is 0 Å². The lowest BCUT2D eigenvalue weighted by atomic mass is 10.2. The van der Waals surface area contributed by atoms with Gasteiger partial charge in [0.25, 0.3) is 0 Å². The topological polar surface area (TPSA) is 39.1 Å². The van der Waals surface area contributed by atoms with Crippen LogP contribution in [0.15, 0.2) is 30.3 Å². The largest absolute Gasteiger partial charge is 0.297 e. The molecule has 1 aromatic carbocycles. The van der Waals surface area contributed by atoms with Crippen LogP contribution in [0.3, 0.4) is 0 Å². The van der Waals surface area contributed by atoms with Crippen LogP contribution in [0.2, 0.25) is 0 Å². The second-order valence-electron chi connectivity index (χ2n) is 4.37. The van der Waals surface area contributed by atoms with E-state index in [-0.39, 0.29) is 0 Å². The summed E-state index contributed by atoms with van der Waals surface area (Å²) in [5, 5.41) is 4.37. The lowest BCUT2D eigenvalue weighted by molar-refractivity contribution is 0.0233. The average Bonchev–Trinajstić information content (AvgIpc) is 2.61. The van der Waals surface area contributed by atoms with E-state index in [9.17, 15) is 0 Å². The zero-order valence-corrected chi connectivity index (χ0v) is 11.1. The average molecular weight is 245 g/mol. The molecule has 0 aliphatic carbocycles. The molecule has 0 spiro atoms. The highest BCUT2D eigenvalue weighted by atomic mass is 16.6. The van der Waals surface area contributed by atoms with Gasteiger partial charge < -0.3 is 0 Å². The van der Waals surface area contributed by atoms with Crippen molar-refractivity contribution in [3.63, 3.8) is 0 Å². The summed E-state index contributed by atoms with van der Waals surface area (Å²) in [6, 6.07) is 10.1. The second kappa shape index (κ2) is 5.80. The van der Waals surface area contributed by atoms with Crippen LogP contribution in [0.25, 0.3) is 0 Å². The predicted octanol–water partition coefficient (Wildman–Crippen LogP) is 2.26. The minimum Gasteiger partial charge on any atom is -0.297 e. The van der Waals surface area contributed by atoms with E-state index in [0.717, 1.165) is 11.3 Å². The number of benzene rings is 1. The molecule has 0 amide bonds. The van der Waals surface area contributed by atoms with Crippen molar-refractivity contribution in [1.29, 1.82) is 0 Å². The van der Waals surface area contributed by atoms with Gasteiger partial charge in [-0.3, -0.25) is 9.52 Å². The first-order chi connectivity index (χ1) is 8.68. The Morgan fingerprint density at radius 3 is 2.56 bits per heavy atom. The van der Waals surface area contributed by atoms with Crippen molar-refractivity contribution in [2.75, 3.05) is 0 Å². The van der Waals surface area contributed by atoms with Gasteiger partial charge in [0, 0.05) is 24.8 Å². The van der Waals surface area contributed by atoms with Crippen LogP contribution in [0, 0.1) is 13.8 Å². The van der Waals surface area contributed by atoms with Gasteiger partial charge in [0.2, 0.25) is 0 Å². The maximum atomic E-state index is 5.46. The van der Waals surface area contributed by atoms with Crippen molar-refractivity contribution in [3.05, 3.63) is 52.8 Å². The molecule has 4 heteroatoms. The highest BCUT2D eigenvalue weighted by Crippen LogP contribution is 2.11. The molecule has 0 aliphatic rings. The minimum absolute atomic E-state index is 0.569. The monoisotopic (exact) mass is 245 g/mol. The van der Waals surface area contributed by atoms with E-state index in [1.54, 1.807) is 0 Å². The Hall–Kier alpha value is -1.65. The first kappa shape index (κ1) is 12.8. The molecular formula is C14H19N3O. The summed E-state index contributed by atoms with van der Waals surface area (Å²) in [7, 11) is 1.96. The minimum atomic E-state index is 0.569. The van der Waals surface area contributed by atoms with Crippen molar-refractivity contribution in [3.8, 4) is 0 Å². The third-order valence-electron chi connectivity index (χ3n) is 3.09. The predicted molar refractivity (Wildman–Crippen MR) is 70.8 cm³/mol. The quantitative estimate of drug-likeness (QED) is 0.648. The SMILES string of the molecule is Cc1nn(C)c(C)c1CNOCc1ccccc1. The molecular weight excluding hydrogens is 226 g/mol. The summed E-state index contributed by atoms with van der Waals surface area (Å²) in [5.41, 5.74) is 7.57. The fourth-order valence-electron chi connectivity index (χ4n) is 1.91. The third-order valence-corrected chi connectivity index (χ3v) is 3.09. The van der Waals surface area contributed by atoms with Crippen molar-refractivity contribution in [2.45, 2.75) is 27.0 Å². The van der Waals surface area contributed by atoms with Gasteiger partial charge in [0.15, 0.2) is 0 Å². The van der Waals surface area contributed by atoms with Crippen LogP contribution >= 0.6 is 0 Å². The van der Waals surface area contributed by atoms with Gasteiger partial charge in [-0.2, -0.15) is 10.6 Å². The normalized spacial score (nSPS) is 10.8. The Balaban J connectivity index is 1.82. The van der Waals surface area contributed by atoms with Gasteiger partial charge in [-0.05, 0) is 19.4 Å². The van der Waals surface area contributed by atoms with Gasteiger partial charge >= 0.3 is 0 Å². The van der Waals surface area contributed by atoms with Gasteiger partial charge in [-0.1, -0.05) is 30.3 Å². The first-order valence-corrected chi connectivity index (χ1v) is 6.06. The summed E-state index contributed by atoms with van der Waals surface area (Å²) in [4.78, 5) is 5.46. The van der Waals surface area contributed by atoms with E-state index in [2.05, 4.69) is 17.5 Å². The molecule has 0 atom stereocenters. The molecule has 0 aliphatic heterocycles. The Morgan fingerprint density at radius 1 is 1.22 bits per heavy atom. The second-order valence-corrected chi connectivity index (χ2v) is 4.37. The smallest absolute Gasteiger partial charge is 0.0933 e. The Labute approximate surface area is 108 Å². The van der Waals surface area contributed by atoms with Crippen LogP contribution in [-0.2, 0) is 25.0 Å². The molecule has 0 saturated carbocycles. The van der Waals surface area contributed by atoms with E-state index < -0.39 is 0 Å². The number of hydroxylamine groups is 1. The molecule has 2 aromatic rings. The zero-order valence-electron chi connectivity index (χ0n) is 11.1. The van der Waals surface area contributed by atoms with Gasteiger partial charge in [0.1, 0.15) is 0 Å². The number of hydrogen-bond acceptors (Lipinski definition) is 3. The number of aryl methyl sites for hydroxylation is 2. The molecule has 0 fully saturated rings. The summed E-state index contributed by atoms with van der Waals surface area (Å²) in [6.07, 6.45) is 0. The molecule has 2 rings (SSSR count). The Bertz CT molecular complexity index is 505. The zero-order chi connectivity index (χ0) is 13.0. The van der Waals surface area contributed by atoms with Crippen molar-refractivity contribution in [1.82, 2.24) is 15.3 Å². The van der Waals surface area contributed by atoms with E-state index in [1.165, 1.54) is 11.3 Å². The molecule has 18 heavy (non-hydrogen) atoms. The number of nitrogens with one attached hydrogen (secondary N) is 1. The molecule has 0 radical (unpaired) electrons. The van der Waals surface area contributed by atoms with Crippen LogP contribution < -0.4 is 5.48 Å². The van der Waals surface area contributed by atoms with Crippen LogP contribution in [0.5, 0.6) is 0 Å². The van der Waals surface area contributed by atoms with Gasteiger partial charge in [-0.25, -0.2) is 0 Å². The lowest BCUT2D eigenvalue weighted by Gasteiger charge is -2.06. The van der Waals surface area contributed by atoms with Gasteiger partial charge in [0.05, 0.1) is 12.3 Å². The van der Waals surface area contributed by atoms with Crippen molar-refractivity contribution >= 4 is 0 Å². The first-order valence-electron chi connectivity index (χ1n) is 6.06. The number of hydrogen-bond donors (Lipinski definition) is 1. The summed E-state index contributed by atoms with van der Waals surface area (Å²) in [6.45, 7) is 5.33. The summed E-state index contributed by atoms with van der Waals surface area (Å²) < 4.78 is 1.89. The van der Waals surface area contributed by atoms with E-state index >= 15 is 0 Å². The fourth-order valence-corrected chi connectivity index (χ4v) is 1.91. The van der Waals surface area contributed by atoms with E-state index in [0.29, 0.717) is 13.2 Å². The fraction of sp³-hybridized carbons (Fsp3) is 0.357. The van der Waals surface area contributed by atoms with Crippen molar-refractivity contribution < 1.29 is 4.84 Å². The van der Waals surface area contributed by atoms with E-state index in [1.807, 2.05) is 49.0 Å². The van der Waals surface area contributed by atoms with E-state index in [4.69, 9.17) is 4.84 Å². The molecule has 1 heterocycles. The van der Waals surface area contributed by atoms with Crippen LogP contribution in [-0.4, -0.2) is 9.78 Å².